The highest BCUT2D eigenvalue weighted by Gasteiger charge is 2.25. The van der Waals surface area contributed by atoms with E-state index in [1.807, 2.05) is 31.2 Å². The Kier molecular flexibility index (Phi) is 3.10. The summed E-state index contributed by atoms with van der Waals surface area (Å²) >= 11 is 0. The number of benzene rings is 1. The second-order valence-electron chi connectivity index (χ2n) is 4.03. The van der Waals surface area contributed by atoms with Crippen LogP contribution in [0.2, 0.25) is 0 Å². The van der Waals surface area contributed by atoms with E-state index in [-0.39, 0.29) is 18.7 Å². The van der Waals surface area contributed by atoms with E-state index >= 15 is 0 Å². The summed E-state index contributed by atoms with van der Waals surface area (Å²) in [6.45, 7) is 1.97. The minimum atomic E-state index is -0.836. The molecule has 0 bridgehead atoms. The van der Waals surface area contributed by atoms with E-state index in [2.05, 4.69) is 5.32 Å². The molecule has 1 aromatic rings. The van der Waals surface area contributed by atoms with E-state index in [1.165, 1.54) is 0 Å². The summed E-state index contributed by atoms with van der Waals surface area (Å²) in [7, 11) is 0. The Morgan fingerprint density at radius 3 is 3.06 bits per heavy atom. The van der Waals surface area contributed by atoms with Crippen LogP contribution < -0.4 is 10.1 Å². The minimum Gasteiger partial charge on any atom is -0.490 e. The topological polar surface area (TPSA) is 58.6 Å². The molecule has 16 heavy (non-hydrogen) atoms. The van der Waals surface area contributed by atoms with Gasteiger partial charge in [0, 0.05) is 18.0 Å². The fraction of sp³-hybridized carbons (Fsp3) is 0.417. The number of carbonyl (C=O) groups is 1. The van der Waals surface area contributed by atoms with Gasteiger partial charge in [-0.1, -0.05) is 18.2 Å². The number of rotatable bonds is 3. The lowest BCUT2D eigenvalue weighted by molar-refractivity contribution is -0.136. The smallest absolute Gasteiger partial charge is 0.317 e. The van der Waals surface area contributed by atoms with Gasteiger partial charge in [-0.05, 0) is 13.0 Å². The second-order valence-corrected chi connectivity index (χ2v) is 4.03. The Bertz CT molecular complexity index is 392. The largest absolute Gasteiger partial charge is 0.490 e. The Morgan fingerprint density at radius 1 is 1.56 bits per heavy atom. The average Bonchev–Trinajstić information content (AvgIpc) is 2.25. The monoisotopic (exact) mass is 221 g/mol. The van der Waals surface area contributed by atoms with Crippen molar-refractivity contribution in [1.82, 2.24) is 5.32 Å². The van der Waals surface area contributed by atoms with Crippen LogP contribution in [0.15, 0.2) is 24.3 Å². The molecule has 0 spiro atoms. The maximum absolute atomic E-state index is 10.5. The number of fused-ring (bicyclic) bond motifs is 1. The second kappa shape index (κ2) is 4.53. The molecule has 0 amide bonds. The number of carboxylic acid groups (broad SMARTS) is 1. The minimum absolute atomic E-state index is 0.0221. The molecule has 0 aromatic heterocycles. The van der Waals surface area contributed by atoms with Crippen LogP contribution in [0.5, 0.6) is 5.75 Å². The van der Waals surface area contributed by atoms with Crippen molar-refractivity contribution in [3.05, 3.63) is 29.8 Å². The van der Waals surface area contributed by atoms with Crippen molar-refractivity contribution >= 4 is 5.97 Å². The maximum atomic E-state index is 10.5. The molecule has 0 saturated carbocycles. The van der Waals surface area contributed by atoms with Crippen LogP contribution >= 0.6 is 0 Å². The molecular formula is C12H15NO3. The van der Waals surface area contributed by atoms with E-state index in [4.69, 9.17) is 9.84 Å². The first-order valence-electron chi connectivity index (χ1n) is 5.37. The number of hydrogen-bond acceptors (Lipinski definition) is 3. The number of nitrogens with one attached hydrogen (secondary N) is 1. The average molecular weight is 221 g/mol. The molecule has 1 aromatic carbocycles. The Balaban J connectivity index is 2.16. The van der Waals surface area contributed by atoms with Gasteiger partial charge in [0.15, 0.2) is 0 Å². The van der Waals surface area contributed by atoms with Crippen LogP contribution in [-0.4, -0.2) is 23.7 Å². The standard InChI is InChI=1S/C12H15NO3/c1-8-6-10(13-7-12(14)15)9-4-2-3-5-11(9)16-8/h2-5,8,10,13H,6-7H2,1H3,(H,14,15). The molecule has 0 saturated heterocycles. The first-order valence-corrected chi connectivity index (χ1v) is 5.37. The summed E-state index contributed by atoms with van der Waals surface area (Å²) in [4.78, 5) is 10.5. The first-order chi connectivity index (χ1) is 7.66. The molecule has 2 unspecified atom stereocenters. The summed E-state index contributed by atoms with van der Waals surface area (Å²) in [6, 6.07) is 7.82. The van der Waals surface area contributed by atoms with Gasteiger partial charge in [-0.15, -0.1) is 0 Å². The molecular weight excluding hydrogens is 206 g/mol. The third-order valence-electron chi connectivity index (χ3n) is 2.69. The zero-order chi connectivity index (χ0) is 11.5. The van der Waals surface area contributed by atoms with Gasteiger partial charge in [0.25, 0.3) is 0 Å². The summed E-state index contributed by atoms with van der Waals surface area (Å²) in [5.74, 6) is 0.0146. The van der Waals surface area contributed by atoms with E-state index in [9.17, 15) is 4.79 Å². The number of aliphatic carboxylic acids is 1. The fourth-order valence-electron chi connectivity index (χ4n) is 2.00. The number of hydrogen-bond donors (Lipinski definition) is 2. The molecule has 1 aliphatic heterocycles. The van der Waals surface area contributed by atoms with Crippen molar-refractivity contribution in [3.63, 3.8) is 0 Å². The van der Waals surface area contributed by atoms with Crippen molar-refractivity contribution in [3.8, 4) is 5.75 Å². The highest BCUT2D eigenvalue weighted by molar-refractivity contribution is 5.69. The highest BCUT2D eigenvalue weighted by atomic mass is 16.5. The SMILES string of the molecule is CC1CC(NCC(=O)O)c2ccccc2O1. The van der Waals surface area contributed by atoms with Crippen molar-refractivity contribution in [2.24, 2.45) is 0 Å². The summed E-state index contributed by atoms with van der Waals surface area (Å²) < 4.78 is 5.68. The Hall–Kier alpha value is -1.55. The zero-order valence-corrected chi connectivity index (χ0v) is 9.14. The van der Waals surface area contributed by atoms with E-state index in [0.717, 1.165) is 17.7 Å². The fourth-order valence-corrected chi connectivity index (χ4v) is 2.00. The van der Waals surface area contributed by atoms with E-state index in [0.29, 0.717) is 0 Å². The van der Waals surface area contributed by atoms with Gasteiger partial charge in [-0.25, -0.2) is 0 Å². The van der Waals surface area contributed by atoms with Crippen molar-refractivity contribution in [2.45, 2.75) is 25.5 Å². The third-order valence-corrected chi connectivity index (χ3v) is 2.69. The number of carboxylic acids is 1. The van der Waals surface area contributed by atoms with Crippen LogP contribution in [0.1, 0.15) is 24.9 Å². The van der Waals surface area contributed by atoms with Gasteiger partial charge < -0.3 is 9.84 Å². The molecule has 2 N–H and O–H groups in total. The van der Waals surface area contributed by atoms with Gasteiger partial charge in [0.2, 0.25) is 0 Å². The van der Waals surface area contributed by atoms with Gasteiger partial charge in [-0.3, -0.25) is 10.1 Å². The van der Waals surface area contributed by atoms with Crippen molar-refractivity contribution < 1.29 is 14.6 Å². The Morgan fingerprint density at radius 2 is 2.31 bits per heavy atom. The van der Waals surface area contributed by atoms with Crippen molar-refractivity contribution in [2.75, 3.05) is 6.54 Å². The molecule has 1 aliphatic rings. The highest BCUT2D eigenvalue weighted by Crippen LogP contribution is 2.34. The van der Waals surface area contributed by atoms with Crippen LogP contribution in [-0.2, 0) is 4.79 Å². The normalized spacial score (nSPS) is 23.3. The molecule has 1 heterocycles. The molecule has 0 aliphatic carbocycles. The zero-order valence-electron chi connectivity index (χ0n) is 9.14. The number of ether oxygens (including phenoxy) is 1. The van der Waals surface area contributed by atoms with Gasteiger partial charge in [0.05, 0.1) is 12.6 Å². The van der Waals surface area contributed by atoms with Crippen molar-refractivity contribution in [1.29, 1.82) is 0 Å². The Labute approximate surface area is 94.2 Å². The van der Waals surface area contributed by atoms with E-state index in [1.54, 1.807) is 0 Å². The molecule has 4 nitrogen and oxygen atoms in total. The molecule has 0 fully saturated rings. The molecule has 86 valence electrons. The van der Waals surface area contributed by atoms with Gasteiger partial charge in [-0.2, -0.15) is 0 Å². The lowest BCUT2D eigenvalue weighted by Gasteiger charge is -2.30. The maximum Gasteiger partial charge on any atom is 0.317 e. The van der Waals surface area contributed by atoms with Gasteiger partial charge >= 0.3 is 5.97 Å². The lowest BCUT2D eigenvalue weighted by Crippen LogP contribution is -2.34. The summed E-state index contributed by atoms with van der Waals surface area (Å²) in [6.07, 6.45) is 0.908. The number of para-hydroxylation sites is 1. The molecule has 2 rings (SSSR count). The molecule has 0 radical (unpaired) electrons. The summed E-state index contributed by atoms with van der Waals surface area (Å²) in [5.41, 5.74) is 1.04. The predicted octanol–water partition coefficient (Wildman–Crippen LogP) is 1.57. The van der Waals surface area contributed by atoms with E-state index < -0.39 is 5.97 Å². The third kappa shape index (κ3) is 2.33. The van der Waals surface area contributed by atoms with Crippen LogP contribution in [0.25, 0.3) is 0 Å². The molecule has 2 atom stereocenters. The first kappa shape index (κ1) is 11.0. The quantitative estimate of drug-likeness (QED) is 0.813. The lowest BCUT2D eigenvalue weighted by atomic mass is 9.97. The molecule has 4 heteroatoms. The van der Waals surface area contributed by atoms with Crippen LogP contribution in [0.3, 0.4) is 0 Å². The summed E-state index contributed by atoms with van der Waals surface area (Å²) in [5, 5.41) is 11.7. The predicted molar refractivity (Wildman–Crippen MR) is 59.5 cm³/mol. The van der Waals surface area contributed by atoms with Crippen LogP contribution in [0, 0.1) is 0 Å². The van der Waals surface area contributed by atoms with Gasteiger partial charge in [0.1, 0.15) is 5.75 Å². The van der Waals surface area contributed by atoms with Crippen LogP contribution in [0.4, 0.5) is 0 Å².